The Hall–Kier alpha value is -2.78. The van der Waals surface area contributed by atoms with Crippen LogP contribution >= 0.6 is 0 Å². The number of piperazine rings is 1. The number of anilines is 1. The van der Waals surface area contributed by atoms with Crippen LogP contribution in [0.3, 0.4) is 0 Å². The molecule has 3 rings (SSSR count). The number of urea groups is 1. The van der Waals surface area contributed by atoms with Gasteiger partial charge in [-0.1, -0.05) is 6.07 Å². The summed E-state index contributed by atoms with van der Waals surface area (Å²) in [5.41, 5.74) is -0.243. The van der Waals surface area contributed by atoms with Gasteiger partial charge in [-0.25, -0.2) is 4.79 Å². The Morgan fingerprint density at radius 2 is 1.86 bits per heavy atom. The molecule has 0 radical (unpaired) electrons. The topological polar surface area (TPSA) is 81.8 Å². The lowest BCUT2D eigenvalue weighted by Gasteiger charge is -2.37. The van der Waals surface area contributed by atoms with Crippen LogP contribution in [0.4, 0.5) is 23.7 Å². The molecular formula is C18H21F3N4O3. The standard InChI is InChI=1S/C18H21F3N4O3/c1-11-14(16(27)23-17(28)22-11)10-15(26)25-7-5-24(6-8-25)13-4-2-3-12(9-13)18(19,20)21/h2-4,9,11,14H,5-8,10H2,1H3,(H2,22,23,27,28). The zero-order valence-electron chi connectivity index (χ0n) is 15.3. The summed E-state index contributed by atoms with van der Waals surface area (Å²) in [6, 6.07) is 4.09. The minimum absolute atomic E-state index is 0.0309. The molecule has 1 aromatic carbocycles. The van der Waals surface area contributed by atoms with E-state index in [-0.39, 0.29) is 12.3 Å². The van der Waals surface area contributed by atoms with Crippen molar-refractivity contribution in [3.63, 3.8) is 0 Å². The molecule has 1 aromatic rings. The minimum atomic E-state index is -4.40. The number of rotatable bonds is 3. The van der Waals surface area contributed by atoms with E-state index in [0.717, 1.165) is 12.1 Å². The number of nitrogens with one attached hydrogen (secondary N) is 2. The van der Waals surface area contributed by atoms with E-state index in [9.17, 15) is 27.6 Å². The summed E-state index contributed by atoms with van der Waals surface area (Å²) in [5.74, 6) is -1.34. The van der Waals surface area contributed by atoms with Crippen molar-refractivity contribution in [1.82, 2.24) is 15.5 Å². The molecule has 7 nitrogen and oxygen atoms in total. The highest BCUT2D eigenvalue weighted by Gasteiger charge is 2.36. The van der Waals surface area contributed by atoms with Crippen molar-refractivity contribution in [3.8, 4) is 0 Å². The number of hydrogen-bond acceptors (Lipinski definition) is 4. The quantitative estimate of drug-likeness (QED) is 0.810. The van der Waals surface area contributed by atoms with Crippen LogP contribution in [0.1, 0.15) is 18.9 Å². The second kappa shape index (κ2) is 7.69. The van der Waals surface area contributed by atoms with Crippen molar-refractivity contribution in [3.05, 3.63) is 29.8 Å². The maximum Gasteiger partial charge on any atom is 0.416 e. The highest BCUT2D eigenvalue weighted by Crippen LogP contribution is 2.32. The minimum Gasteiger partial charge on any atom is -0.368 e. The molecule has 2 N–H and O–H groups in total. The van der Waals surface area contributed by atoms with Gasteiger partial charge in [0.2, 0.25) is 11.8 Å². The molecule has 2 aliphatic rings. The summed E-state index contributed by atoms with van der Waals surface area (Å²) >= 11 is 0. The van der Waals surface area contributed by atoms with Crippen molar-refractivity contribution >= 4 is 23.5 Å². The Labute approximate surface area is 159 Å². The number of amides is 4. The van der Waals surface area contributed by atoms with Gasteiger partial charge < -0.3 is 15.1 Å². The fourth-order valence-corrected chi connectivity index (χ4v) is 3.45. The number of imide groups is 1. The van der Waals surface area contributed by atoms with Crippen LogP contribution in [0.2, 0.25) is 0 Å². The van der Waals surface area contributed by atoms with Crippen LogP contribution in [0.15, 0.2) is 24.3 Å². The highest BCUT2D eigenvalue weighted by molar-refractivity contribution is 6.00. The van der Waals surface area contributed by atoms with Crippen molar-refractivity contribution in [2.45, 2.75) is 25.6 Å². The molecule has 28 heavy (non-hydrogen) atoms. The summed E-state index contributed by atoms with van der Waals surface area (Å²) in [6.45, 7) is 3.17. The van der Waals surface area contributed by atoms with Gasteiger partial charge in [0.05, 0.1) is 11.5 Å². The molecule has 4 amide bonds. The van der Waals surface area contributed by atoms with Gasteiger partial charge in [0.25, 0.3) is 0 Å². The van der Waals surface area contributed by atoms with Gasteiger partial charge in [-0.15, -0.1) is 0 Å². The third-order valence-corrected chi connectivity index (χ3v) is 5.10. The Morgan fingerprint density at radius 1 is 1.18 bits per heavy atom. The smallest absolute Gasteiger partial charge is 0.368 e. The van der Waals surface area contributed by atoms with Crippen LogP contribution in [0.5, 0.6) is 0 Å². The maximum atomic E-state index is 12.9. The number of hydrogen-bond donors (Lipinski definition) is 2. The number of halogens is 3. The van der Waals surface area contributed by atoms with E-state index in [0.29, 0.717) is 31.9 Å². The largest absolute Gasteiger partial charge is 0.416 e. The fourth-order valence-electron chi connectivity index (χ4n) is 3.45. The first kappa shape index (κ1) is 20.0. The van der Waals surface area contributed by atoms with E-state index in [2.05, 4.69) is 10.6 Å². The Bertz CT molecular complexity index is 776. The molecule has 0 spiro atoms. The van der Waals surface area contributed by atoms with Gasteiger partial charge in [0.1, 0.15) is 0 Å². The summed E-state index contributed by atoms with van der Waals surface area (Å²) in [7, 11) is 0. The molecule has 2 heterocycles. The molecule has 2 fully saturated rings. The van der Waals surface area contributed by atoms with E-state index in [1.807, 2.05) is 0 Å². The zero-order chi connectivity index (χ0) is 20.5. The molecule has 2 aliphatic heterocycles. The van der Waals surface area contributed by atoms with E-state index < -0.39 is 35.6 Å². The summed E-state index contributed by atoms with van der Waals surface area (Å²) in [6.07, 6.45) is -4.43. The monoisotopic (exact) mass is 398 g/mol. The second-order valence-corrected chi connectivity index (χ2v) is 6.98. The molecule has 2 atom stereocenters. The van der Waals surface area contributed by atoms with Crippen LogP contribution in [-0.4, -0.2) is 55.0 Å². The van der Waals surface area contributed by atoms with Crippen LogP contribution < -0.4 is 15.5 Å². The summed E-state index contributed by atoms with van der Waals surface area (Å²) < 4.78 is 38.6. The van der Waals surface area contributed by atoms with E-state index >= 15 is 0 Å². The second-order valence-electron chi connectivity index (χ2n) is 6.98. The third-order valence-electron chi connectivity index (χ3n) is 5.10. The molecule has 10 heteroatoms. The first-order chi connectivity index (χ1) is 13.1. The normalized spacial score (nSPS) is 23.3. The molecule has 152 valence electrons. The molecule has 0 bridgehead atoms. The van der Waals surface area contributed by atoms with Gasteiger partial charge in [0.15, 0.2) is 0 Å². The Kier molecular flexibility index (Phi) is 5.48. The lowest BCUT2D eigenvalue weighted by molar-refractivity contribution is -0.137. The van der Waals surface area contributed by atoms with Crippen LogP contribution in [-0.2, 0) is 15.8 Å². The number of carbonyl (C=O) groups is 3. The first-order valence-corrected chi connectivity index (χ1v) is 8.96. The predicted octanol–water partition coefficient (Wildman–Crippen LogP) is 1.59. The predicted molar refractivity (Wildman–Crippen MR) is 94.5 cm³/mol. The van der Waals surface area contributed by atoms with Crippen molar-refractivity contribution in [1.29, 1.82) is 0 Å². The summed E-state index contributed by atoms with van der Waals surface area (Å²) in [4.78, 5) is 39.1. The molecular weight excluding hydrogens is 377 g/mol. The summed E-state index contributed by atoms with van der Waals surface area (Å²) in [5, 5.41) is 4.73. The lowest BCUT2D eigenvalue weighted by Crippen LogP contribution is -2.58. The van der Waals surface area contributed by atoms with Crippen molar-refractivity contribution in [2.75, 3.05) is 31.1 Å². The molecule has 0 aromatic heterocycles. The average molecular weight is 398 g/mol. The number of carbonyl (C=O) groups excluding carboxylic acids is 3. The average Bonchev–Trinajstić information content (AvgIpc) is 2.64. The molecule has 2 saturated heterocycles. The molecule has 0 aliphatic carbocycles. The van der Waals surface area contributed by atoms with E-state index in [1.54, 1.807) is 22.8 Å². The van der Waals surface area contributed by atoms with Crippen molar-refractivity contribution < 1.29 is 27.6 Å². The van der Waals surface area contributed by atoms with Gasteiger partial charge in [-0.2, -0.15) is 13.2 Å². The van der Waals surface area contributed by atoms with Gasteiger partial charge in [-0.05, 0) is 25.1 Å². The van der Waals surface area contributed by atoms with Crippen LogP contribution in [0.25, 0.3) is 0 Å². The number of benzene rings is 1. The van der Waals surface area contributed by atoms with Gasteiger partial charge in [-0.3, -0.25) is 14.9 Å². The lowest BCUT2D eigenvalue weighted by atomic mass is 9.94. The van der Waals surface area contributed by atoms with Gasteiger partial charge >= 0.3 is 12.2 Å². The van der Waals surface area contributed by atoms with E-state index in [1.165, 1.54) is 6.07 Å². The Morgan fingerprint density at radius 3 is 2.46 bits per heavy atom. The maximum absolute atomic E-state index is 12.9. The van der Waals surface area contributed by atoms with E-state index in [4.69, 9.17) is 0 Å². The number of nitrogens with zero attached hydrogens (tertiary/aromatic N) is 2. The van der Waals surface area contributed by atoms with Crippen LogP contribution in [0, 0.1) is 5.92 Å². The first-order valence-electron chi connectivity index (χ1n) is 8.96. The SMILES string of the molecule is CC1NC(=O)NC(=O)C1CC(=O)N1CCN(c2cccc(C(F)(F)F)c2)CC1. The third kappa shape index (κ3) is 4.37. The Balaban J connectivity index is 1.57. The van der Waals surface area contributed by atoms with Gasteiger partial charge in [0, 0.05) is 44.3 Å². The zero-order valence-corrected chi connectivity index (χ0v) is 15.3. The number of alkyl halides is 3. The highest BCUT2D eigenvalue weighted by atomic mass is 19.4. The van der Waals surface area contributed by atoms with Crippen molar-refractivity contribution in [2.24, 2.45) is 5.92 Å². The molecule has 0 saturated carbocycles. The fraction of sp³-hybridized carbons (Fsp3) is 0.500. The molecule has 2 unspecified atom stereocenters.